The Kier molecular flexibility index (Phi) is 1.38. The minimum absolute atomic E-state index is 0.00551. The van der Waals surface area contributed by atoms with Gasteiger partial charge in [-0.05, 0) is 38.5 Å². The molecule has 0 radical (unpaired) electrons. The van der Waals surface area contributed by atoms with Crippen molar-refractivity contribution >= 4 is 6.08 Å². The van der Waals surface area contributed by atoms with Gasteiger partial charge in [-0.1, -0.05) is 12.1 Å². The van der Waals surface area contributed by atoms with Crippen molar-refractivity contribution in [2.75, 3.05) is 0 Å². The maximum absolute atomic E-state index is 4.59. The lowest BCUT2D eigenvalue weighted by molar-refractivity contribution is 0.690. The first-order valence-electron chi connectivity index (χ1n) is 4.27. The van der Waals surface area contributed by atoms with Crippen LogP contribution >= 0.6 is 0 Å². The summed E-state index contributed by atoms with van der Waals surface area (Å²) in [5, 5.41) is 2.45. The second-order valence-electron chi connectivity index (χ2n) is 3.92. The quantitative estimate of drug-likeness (QED) is 0.539. The first-order valence-corrected chi connectivity index (χ1v) is 4.27. The van der Waals surface area contributed by atoms with Gasteiger partial charge in [0.2, 0.25) is 0 Å². The summed E-state index contributed by atoms with van der Waals surface area (Å²) in [6.45, 7) is 6.39. The summed E-state index contributed by atoms with van der Waals surface area (Å²) in [6, 6.07) is 6.27. The highest BCUT2D eigenvalue weighted by atomic mass is 14.8. The van der Waals surface area contributed by atoms with E-state index in [0.29, 0.717) is 0 Å². The molecular weight excluding hydrogens is 146 g/mol. The van der Waals surface area contributed by atoms with Crippen molar-refractivity contribution in [3.05, 3.63) is 34.3 Å². The molecule has 0 aliphatic carbocycles. The van der Waals surface area contributed by atoms with Crippen LogP contribution in [0.3, 0.4) is 0 Å². The van der Waals surface area contributed by atoms with Gasteiger partial charge < -0.3 is 0 Å². The Balaban J connectivity index is 2.86. The largest absolute Gasteiger partial charge is 0.275 e. The molecule has 0 spiro atoms. The molecule has 1 aliphatic heterocycles. The van der Waals surface area contributed by atoms with Crippen molar-refractivity contribution in [3.8, 4) is 0 Å². The number of fused-ring (bicyclic) bond motifs is 1. The molecule has 2 rings (SSSR count). The Labute approximate surface area is 72.5 Å². The highest BCUT2D eigenvalue weighted by molar-refractivity contribution is 5.42. The highest BCUT2D eigenvalue weighted by Crippen LogP contribution is 2.11. The standard InChI is InChI=1S/C11H13N/c1-8-5-4-6-10-9(8)7-11(2,3)12-10/h4-7H,1-3H3. The SMILES string of the molecule is Cc1cccc2c1=CC(C)(C)N=2. The van der Waals surface area contributed by atoms with Crippen LogP contribution in [0.4, 0.5) is 0 Å². The van der Waals surface area contributed by atoms with Crippen molar-refractivity contribution in [2.24, 2.45) is 4.99 Å². The molecule has 0 saturated heterocycles. The minimum Gasteiger partial charge on any atom is -0.275 e. The van der Waals surface area contributed by atoms with Crippen LogP contribution < -0.4 is 10.6 Å². The van der Waals surface area contributed by atoms with Gasteiger partial charge in [0.1, 0.15) is 0 Å². The molecule has 0 bridgehead atoms. The summed E-state index contributed by atoms with van der Waals surface area (Å²) in [7, 11) is 0. The fraction of sp³-hybridized carbons (Fsp3) is 0.364. The van der Waals surface area contributed by atoms with Crippen LogP contribution in [0.2, 0.25) is 0 Å². The van der Waals surface area contributed by atoms with Gasteiger partial charge in [0.25, 0.3) is 0 Å². The van der Waals surface area contributed by atoms with Crippen LogP contribution in [-0.4, -0.2) is 5.54 Å². The molecule has 0 unspecified atom stereocenters. The Morgan fingerprint density at radius 1 is 1.25 bits per heavy atom. The zero-order chi connectivity index (χ0) is 8.77. The molecule has 0 saturated carbocycles. The first-order chi connectivity index (χ1) is 5.58. The molecule has 12 heavy (non-hydrogen) atoms. The number of hydrogen-bond donors (Lipinski definition) is 0. The van der Waals surface area contributed by atoms with E-state index in [1.807, 2.05) is 0 Å². The topological polar surface area (TPSA) is 12.4 Å². The summed E-state index contributed by atoms with van der Waals surface area (Å²) in [4.78, 5) is 4.59. The van der Waals surface area contributed by atoms with E-state index in [-0.39, 0.29) is 5.54 Å². The number of nitrogens with zero attached hydrogens (tertiary/aromatic N) is 1. The zero-order valence-corrected chi connectivity index (χ0v) is 7.76. The minimum atomic E-state index is -0.00551. The van der Waals surface area contributed by atoms with Crippen molar-refractivity contribution in [2.45, 2.75) is 26.3 Å². The molecule has 0 N–H and O–H groups in total. The summed E-state index contributed by atoms with van der Waals surface area (Å²) in [5.41, 5.74) is 1.32. The molecule has 1 aromatic carbocycles. The molecule has 62 valence electrons. The summed E-state index contributed by atoms with van der Waals surface area (Å²) >= 11 is 0. The monoisotopic (exact) mass is 159 g/mol. The molecule has 0 amide bonds. The molecular formula is C11H13N. The van der Waals surface area contributed by atoms with Crippen LogP contribution in [0, 0.1) is 6.92 Å². The predicted octanol–water partition coefficient (Wildman–Crippen LogP) is 1.19. The first kappa shape index (κ1) is 7.53. The molecule has 0 aromatic heterocycles. The smallest absolute Gasteiger partial charge is 0.0748 e. The van der Waals surface area contributed by atoms with Crippen molar-refractivity contribution in [1.29, 1.82) is 0 Å². The van der Waals surface area contributed by atoms with E-state index >= 15 is 0 Å². The maximum atomic E-state index is 4.59. The average molecular weight is 159 g/mol. The van der Waals surface area contributed by atoms with Crippen LogP contribution in [0.25, 0.3) is 6.08 Å². The Morgan fingerprint density at radius 2 is 2.00 bits per heavy atom. The van der Waals surface area contributed by atoms with Crippen LogP contribution in [0.1, 0.15) is 19.4 Å². The van der Waals surface area contributed by atoms with Crippen molar-refractivity contribution in [3.63, 3.8) is 0 Å². The number of hydrogen-bond acceptors (Lipinski definition) is 1. The molecule has 1 aromatic rings. The lowest BCUT2D eigenvalue weighted by Crippen LogP contribution is -2.23. The van der Waals surface area contributed by atoms with Crippen molar-refractivity contribution in [1.82, 2.24) is 0 Å². The summed E-state index contributed by atoms with van der Waals surface area (Å²) < 4.78 is 0. The lowest BCUT2D eigenvalue weighted by atomic mass is 10.1. The van der Waals surface area contributed by atoms with Gasteiger partial charge in [0.05, 0.1) is 10.9 Å². The van der Waals surface area contributed by atoms with E-state index in [4.69, 9.17) is 0 Å². The van der Waals surface area contributed by atoms with Crippen LogP contribution in [-0.2, 0) is 0 Å². The van der Waals surface area contributed by atoms with Gasteiger partial charge in [-0.15, -0.1) is 0 Å². The normalized spacial score (nSPS) is 17.9. The lowest BCUT2D eigenvalue weighted by Gasteiger charge is -2.08. The third-order valence-corrected chi connectivity index (χ3v) is 2.21. The fourth-order valence-corrected chi connectivity index (χ4v) is 1.65. The van der Waals surface area contributed by atoms with Crippen LogP contribution in [0.15, 0.2) is 23.2 Å². The van der Waals surface area contributed by atoms with E-state index in [9.17, 15) is 0 Å². The van der Waals surface area contributed by atoms with Gasteiger partial charge in [-0.3, -0.25) is 4.99 Å². The molecule has 0 fully saturated rings. The van der Waals surface area contributed by atoms with Gasteiger partial charge in [-0.2, -0.15) is 0 Å². The Hall–Kier alpha value is -1.11. The average Bonchev–Trinajstić information content (AvgIpc) is 2.25. The van der Waals surface area contributed by atoms with Crippen molar-refractivity contribution < 1.29 is 0 Å². The zero-order valence-electron chi connectivity index (χ0n) is 7.76. The van der Waals surface area contributed by atoms with Gasteiger partial charge in [0.15, 0.2) is 0 Å². The maximum Gasteiger partial charge on any atom is 0.0748 e. The summed E-state index contributed by atoms with van der Waals surface area (Å²) in [6.07, 6.45) is 2.23. The summed E-state index contributed by atoms with van der Waals surface area (Å²) in [5.74, 6) is 0. The van der Waals surface area contributed by atoms with E-state index in [2.05, 4.69) is 50.0 Å². The molecule has 1 aliphatic rings. The van der Waals surface area contributed by atoms with E-state index in [0.717, 1.165) is 5.36 Å². The van der Waals surface area contributed by atoms with E-state index < -0.39 is 0 Å². The fourth-order valence-electron chi connectivity index (χ4n) is 1.65. The second kappa shape index (κ2) is 2.19. The molecule has 1 heterocycles. The predicted molar refractivity (Wildman–Crippen MR) is 50.5 cm³/mol. The van der Waals surface area contributed by atoms with Gasteiger partial charge in [0, 0.05) is 5.22 Å². The second-order valence-corrected chi connectivity index (χ2v) is 3.92. The Bertz CT molecular complexity index is 427. The number of aryl methyl sites for hydroxylation is 1. The van der Waals surface area contributed by atoms with Gasteiger partial charge in [-0.25, -0.2) is 0 Å². The van der Waals surface area contributed by atoms with E-state index in [1.54, 1.807) is 0 Å². The van der Waals surface area contributed by atoms with Crippen LogP contribution in [0.5, 0.6) is 0 Å². The van der Waals surface area contributed by atoms with E-state index in [1.165, 1.54) is 10.8 Å². The number of benzene rings is 1. The molecule has 1 nitrogen and oxygen atoms in total. The highest BCUT2D eigenvalue weighted by Gasteiger charge is 2.16. The third-order valence-electron chi connectivity index (χ3n) is 2.21. The molecule has 1 heteroatoms. The Morgan fingerprint density at radius 3 is 2.67 bits per heavy atom. The molecule has 0 atom stereocenters. The van der Waals surface area contributed by atoms with Gasteiger partial charge >= 0.3 is 0 Å². The third kappa shape index (κ3) is 1.06. The number of rotatable bonds is 0.